The number of hydrogen-bond donors (Lipinski definition) is 2. The molecule has 156 valence electrons. The van der Waals surface area contributed by atoms with Gasteiger partial charge >= 0.3 is 0 Å². The van der Waals surface area contributed by atoms with Gasteiger partial charge in [-0.2, -0.15) is 0 Å². The van der Waals surface area contributed by atoms with Gasteiger partial charge in [0.05, 0.1) is 10.4 Å². The molecular formula is C24H21N3O3S. The lowest BCUT2D eigenvalue weighted by Gasteiger charge is -2.13. The highest BCUT2D eigenvalue weighted by molar-refractivity contribution is 7.92. The van der Waals surface area contributed by atoms with Gasteiger partial charge in [-0.05, 0) is 61.4 Å². The SMILES string of the molecule is Cc1cccc(NS(=O)(=O)c2ccc(C)c(NC(=O)c3ccc4ccccc4n3)c2)c1. The molecule has 0 unspecified atom stereocenters. The van der Waals surface area contributed by atoms with Crippen LogP contribution in [0.4, 0.5) is 11.4 Å². The Kier molecular flexibility index (Phi) is 5.44. The molecule has 0 atom stereocenters. The number of fused-ring (bicyclic) bond motifs is 1. The fraction of sp³-hybridized carbons (Fsp3) is 0.0833. The van der Waals surface area contributed by atoms with E-state index in [4.69, 9.17) is 0 Å². The first-order valence-corrected chi connectivity index (χ1v) is 11.2. The number of anilines is 2. The molecule has 2 N–H and O–H groups in total. The van der Waals surface area contributed by atoms with Gasteiger partial charge in [-0.3, -0.25) is 9.52 Å². The van der Waals surface area contributed by atoms with Crippen molar-refractivity contribution in [3.8, 4) is 0 Å². The number of aromatic nitrogens is 1. The quantitative estimate of drug-likeness (QED) is 0.470. The number of carbonyl (C=O) groups is 1. The molecule has 0 fully saturated rings. The third-order valence-corrected chi connectivity index (χ3v) is 6.25. The molecule has 0 spiro atoms. The summed E-state index contributed by atoms with van der Waals surface area (Å²) in [6.07, 6.45) is 0. The minimum Gasteiger partial charge on any atom is -0.320 e. The van der Waals surface area contributed by atoms with Gasteiger partial charge in [-0.1, -0.05) is 42.5 Å². The van der Waals surface area contributed by atoms with E-state index >= 15 is 0 Å². The number of nitrogens with zero attached hydrogens (tertiary/aromatic N) is 1. The molecule has 3 aromatic carbocycles. The first-order valence-electron chi connectivity index (χ1n) is 9.69. The minimum atomic E-state index is -3.82. The van der Waals surface area contributed by atoms with E-state index in [1.54, 1.807) is 37.3 Å². The maximum Gasteiger partial charge on any atom is 0.274 e. The molecule has 1 amide bonds. The van der Waals surface area contributed by atoms with E-state index in [1.807, 2.05) is 43.3 Å². The predicted octanol–water partition coefficient (Wildman–Crippen LogP) is 4.90. The summed E-state index contributed by atoms with van der Waals surface area (Å²) in [6.45, 7) is 3.69. The maximum absolute atomic E-state index is 12.8. The largest absolute Gasteiger partial charge is 0.320 e. The van der Waals surface area contributed by atoms with E-state index in [2.05, 4.69) is 15.0 Å². The summed E-state index contributed by atoms with van der Waals surface area (Å²) in [5.74, 6) is -0.407. The van der Waals surface area contributed by atoms with E-state index in [1.165, 1.54) is 12.1 Å². The van der Waals surface area contributed by atoms with E-state index in [0.717, 1.165) is 16.5 Å². The van der Waals surface area contributed by atoms with Gasteiger partial charge in [0, 0.05) is 16.8 Å². The summed E-state index contributed by atoms with van der Waals surface area (Å²) in [6, 6.07) is 22.7. The molecule has 0 saturated heterocycles. The first kappa shape index (κ1) is 20.6. The third-order valence-electron chi connectivity index (χ3n) is 4.87. The molecule has 31 heavy (non-hydrogen) atoms. The normalized spacial score (nSPS) is 11.3. The smallest absolute Gasteiger partial charge is 0.274 e. The number of rotatable bonds is 5. The molecule has 0 aliphatic heterocycles. The van der Waals surface area contributed by atoms with Crippen molar-refractivity contribution in [1.29, 1.82) is 0 Å². The van der Waals surface area contributed by atoms with Crippen LogP contribution in [0.1, 0.15) is 21.6 Å². The predicted molar refractivity (Wildman–Crippen MR) is 123 cm³/mol. The molecule has 4 aromatic rings. The van der Waals surface area contributed by atoms with E-state index in [-0.39, 0.29) is 10.6 Å². The highest BCUT2D eigenvalue weighted by Gasteiger charge is 2.17. The van der Waals surface area contributed by atoms with Gasteiger partial charge < -0.3 is 5.32 Å². The molecule has 0 saturated carbocycles. The minimum absolute atomic E-state index is 0.0568. The summed E-state index contributed by atoms with van der Waals surface area (Å²) in [5.41, 5.74) is 3.54. The molecule has 7 heteroatoms. The fourth-order valence-corrected chi connectivity index (χ4v) is 4.28. The molecule has 1 heterocycles. The Morgan fingerprint density at radius 3 is 2.48 bits per heavy atom. The average Bonchev–Trinajstić information content (AvgIpc) is 2.74. The Bertz CT molecular complexity index is 1400. The molecule has 0 bridgehead atoms. The highest BCUT2D eigenvalue weighted by atomic mass is 32.2. The van der Waals surface area contributed by atoms with Crippen molar-refractivity contribution in [1.82, 2.24) is 4.98 Å². The second kappa shape index (κ2) is 8.20. The van der Waals surface area contributed by atoms with Crippen molar-refractivity contribution in [2.45, 2.75) is 18.7 Å². The van der Waals surface area contributed by atoms with Crippen molar-refractivity contribution in [2.24, 2.45) is 0 Å². The van der Waals surface area contributed by atoms with Crippen LogP contribution in [-0.2, 0) is 10.0 Å². The zero-order valence-electron chi connectivity index (χ0n) is 17.1. The van der Waals surface area contributed by atoms with Gasteiger partial charge in [-0.25, -0.2) is 13.4 Å². The molecule has 0 aliphatic carbocycles. The van der Waals surface area contributed by atoms with Crippen LogP contribution in [0.25, 0.3) is 10.9 Å². The Hall–Kier alpha value is -3.71. The number of hydrogen-bond acceptors (Lipinski definition) is 4. The van der Waals surface area contributed by atoms with Crippen molar-refractivity contribution >= 4 is 38.2 Å². The first-order chi connectivity index (χ1) is 14.8. The van der Waals surface area contributed by atoms with Crippen molar-refractivity contribution in [3.05, 3.63) is 95.7 Å². The number of aryl methyl sites for hydroxylation is 2. The van der Waals surface area contributed by atoms with Crippen LogP contribution in [0.5, 0.6) is 0 Å². The fourth-order valence-electron chi connectivity index (χ4n) is 3.20. The van der Waals surface area contributed by atoms with Crippen LogP contribution in [0, 0.1) is 13.8 Å². The summed E-state index contributed by atoms with van der Waals surface area (Å²) < 4.78 is 28.3. The Labute approximate surface area is 181 Å². The number of carbonyl (C=O) groups excluding carboxylic acids is 1. The average molecular weight is 432 g/mol. The van der Waals surface area contributed by atoms with Gasteiger partial charge in [0.2, 0.25) is 0 Å². The number of benzene rings is 3. The molecule has 4 rings (SSSR count). The number of pyridine rings is 1. The third kappa shape index (κ3) is 4.57. The lowest BCUT2D eigenvalue weighted by atomic mass is 10.2. The molecule has 1 aromatic heterocycles. The Morgan fingerprint density at radius 2 is 1.68 bits per heavy atom. The van der Waals surface area contributed by atoms with Gasteiger partial charge in [0.25, 0.3) is 15.9 Å². The summed E-state index contributed by atoms with van der Waals surface area (Å²) in [4.78, 5) is 17.2. The Morgan fingerprint density at radius 1 is 0.871 bits per heavy atom. The van der Waals surface area contributed by atoms with Gasteiger partial charge in [-0.15, -0.1) is 0 Å². The zero-order chi connectivity index (χ0) is 22.0. The van der Waals surface area contributed by atoms with Crippen molar-refractivity contribution < 1.29 is 13.2 Å². The lowest BCUT2D eigenvalue weighted by molar-refractivity contribution is 0.102. The number of nitrogens with one attached hydrogen (secondary N) is 2. The number of amides is 1. The summed E-state index contributed by atoms with van der Waals surface area (Å²) in [5, 5.41) is 3.72. The van der Waals surface area contributed by atoms with Crippen molar-refractivity contribution in [2.75, 3.05) is 10.0 Å². The standard InChI is InChI=1S/C24H21N3O3S/c1-16-6-5-8-19(14-16)27-31(29,30)20-12-10-17(2)23(15-20)26-24(28)22-13-11-18-7-3-4-9-21(18)25-22/h3-15,27H,1-2H3,(H,26,28). The van der Waals surface area contributed by atoms with Gasteiger partial charge in [0.15, 0.2) is 0 Å². The van der Waals surface area contributed by atoms with Crippen LogP contribution in [0.3, 0.4) is 0 Å². The molecule has 0 aliphatic rings. The number of para-hydroxylation sites is 1. The van der Waals surface area contributed by atoms with Crippen LogP contribution in [-0.4, -0.2) is 19.3 Å². The topological polar surface area (TPSA) is 88.2 Å². The molecule has 0 radical (unpaired) electrons. The maximum atomic E-state index is 12.8. The van der Waals surface area contributed by atoms with Gasteiger partial charge in [0.1, 0.15) is 5.69 Å². The van der Waals surface area contributed by atoms with E-state index in [9.17, 15) is 13.2 Å². The molecular weight excluding hydrogens is 410 g/mol. The number of sulfonamides is 1. The van der Waals surface area contributed by atoms with Crippen LogP contribution in [0.15, 0.2) is 83.8 Å². The highest BCUT2D eigenvalue weighted by Crippen LogP contribution is 2.23. The lowest BCUT2D eigenvalue weighted by Crippen LogP contribution is -2.16. The monoisotopic (exact) mass is 431 g/mol. The van der Waals surface area contributed by atoms with E-state index in [0.29, 0.717) is 16.9 Å². The van der Waals surface area contributed by atoms with E-state index < -0.39 is 15.9 Å². The summed E-state index contributed by atoms with van der Waals surface area (Å²) in [7, 11) is -3.82. The second-order valence-electron chi connectivity index (χ2n) is 7.30. The van der Waals surface area contributed by atoms with Crippen molar-refractivity contribution in [3.63, 3.8) is 0 Å². The van der Waals surface area contributed by atoms with Crippen LogP contribution >= 0.6 is 0 Å². The second-order valence-corrected chi connectivity index (χ2v) is 8.98. The summed E-state index contributed by atoms with van der Waals surface area (Å²) >= 11 is 0. The van der Waals surface area contributed by atoms with Crippen LogP contribution in [0.2, 0.25) is 0 Å². The Balaban J connectivity index is 1.60. The van der Waals surface area contributed by atoms with Crippen LogP contribution < -0.4 is 10.0 Å². The zero-order valence-corrected chi connectivity index (χ0v) is 17.9. The molecule has 6 nitrogen and oxygen atoms in total.